The predicted octanol–water partition coefficient (Wildman–Crippen LogP) is 2.96. The van der Waals surface area contributed by atoms with Crippen LogP contribution in [0.1, 0.15) is 42.7 Å². The molecule has 0 aliphatic heterocycles. The summed E-state index contributed by atoms with van der Waals surface area (Å²) in [6.07, 6.45) is -0.494. The molecule has 0 saturated carbocycles. The topological polar surface area (TPSA) is 49.9 Å². The third kappa shape index (κ3) is 4.29. The van der Waals surface area contributed by atoms with Crippen LogP contribution >= 0.6 is 0 Å². The van der Waals surface area contributed by atoms with Crippen molar-refractivity contribution in [2.75, 3.05) is 27.7 Å². The molecule has 0 radical (unpaired) electrons. The number of carbonyl (C=O) groups excluding carboxylic acids is 2. The maximum absolute atomic E-state index is 11.7. The summed E-state index contributed by atoms with van der Waals surface area (Å²) in [4.78, 5) is 26.9. The van der Waals surface area contributed by atoms with Gasteiger partial charge in [0.2, 0.25) is 0 Å². The van der Waals surface area contributed by atoms with Gasteiger partial charge in [-0.15, -0.1) is 0 Å². The van der Waals surface area contributed by atoms with Gasteiger partial charge in [-0.05, 0) is 45.1 Å². The summed E-state index contributed by atoms with van der Waals surface area (Å²) >= 11 is 0. The van der Waals surface area contributed by atoms with Crippen LogP contribution in [-0.4, -0.2) is 49.4 Å². The number of ketones is 1. The second-order valence-corrected chi connectivity index (χ2v) is 5.32. The first-order chi connectivity index (χ1) is 9.77. The fraction of sp³-hybridized carbons (Fsp3) is 0.500. The van der Waals surface area contributed by atoms with E-state index in [-0.39, 0.29) is 11.8 Å². The Morgan fingerprint density at radius 3 is 2.33 bits per heavy atom. The van der Waals surface area contributed by atoms with Crippen LogP contribution in [0.3, 0.4) is 0 Å². The fourth-order valence-corrected chi connectivity index (χ4v) is 1.89. The molecule has 1 atom stereocenters. The van der Waals surface area contributed by atoms with Crippen molar-refractivity contribution in [1.29, 1.82) is 0 Å². The molecule has 5 nitrogen and oxygen atoms in total. The van der Waals surface area contributed by atoms with Crippen molar-refractivity contribution in [3.8, 4) is 5.75 Å². The molecule has 0 heterocycles. The Morgan fingerprint density at radius 2 is 1.86 bits per heavy atom. The summed E-state index contributed by atoms with van der Waals surface area (Å²) in [5, 5.41) is 0. The van der Waals surface area contributed by atoms with Crippen molar-refractivity contribution in [2.24, 2.45) is 0 Å². The largest absolute Gasteiger partial charge is 0.414 e. The van der Waals surface area contributed by atoms with Gasteiger partial charge in [-0.2, -0.15) is 0 Å². The van der Waals surface area contributed by atoms with Gasteiger partial charge < -0.3 is 9.64 Å². The maximum Gasteiger partial charge on any atom is 0.414 e. The highest BCUT2D eigenvalue weighted by atomic mass is 16.6. The van der Waals surface area contributed by atoms with E-state index in [1.54, 1.807) is 26.2 Å². The van der Waals surface area contributed by atoms with E-state index in [9.17, 15) is 9.59 Å². The molecule has 0 aromatic heterocycles. The molecule has 1 amide bonds. The van der Waals surface area contributed by atoms with Crippen LogP contribution in [0.4, 0.5) is 4.79 Å². The lowest BCUT2D eigenvalue weighted by Gasteiger charge is -2.24. The molecule has 0 N–H and O–H groups in total. The van der Waals surface area contributed by atoms with Crippen LogP contribution in [0.15, 0.2) is 18.2 Å². The molecule has 1 unspecified atom stereocenters. The monoisotopic (exact) mass is 292 g/mol. The van der Waals surface area contributed by atoms with Crippen LogP contribution in [0, 0.1) is 0 Å². The number of benzene rings is 1. The van der Waals surface area contributed by atoms with E-state index >= 15 is 0 Å². The summed E-state index contributed by atoms with van der Waals surface area (Å²) in [5.74, 6) is 0.189. The Kier molecular flexibility index (Phi) is 5.90. The van der Waals surface area contributed by atoms with E-state index in [1.807, 2.05) is 13.1 Å². The van der Waals surface area contributed by atoms with Gasteiger partial charge in [0.1, 0.15) is 5.75 Å². The Bertz CT molecular complexity index is 526. The molecule has 0 saturated heterocycles. The SMILES string of the molecule is CCN(C)C(C)c1ccc(C(C)=O)c(OC(=O)N(C)C)c1. The number of hydrogen-bond acceptors (Lipinski definition) is 4. The van der Waals surface area contributed by atoms with Gasteiger partial charge in [0.25, 0.3) is 0 Å². The fourth-order valence-electron chi connectivity index (χ4n) is 1.89. The number of hydrogen-bond donors (Lipinski definition) is 0. The van der Waals surface area contributed by atoms with Gasteiger partial charge in [0.15, 0.2) is 5.78 Å². The standard InChI is InChI=1S/C16H24N2O3/c1-7-18(6)11(2)13-8-9-14(12(3)19)15(10-13)21-16(20)17(4)5/h8-11H,7H2,1-6H3. The molecule has 0 aliphatic rings. The summed E-state index contributed by atoms with van der Waals surface area (Å²) < 4.78 is 5.32. The second kappa shape index (κ2) is 7.22. The molecule has 5 heteroatoms. The van der Waals surface area contributed by atoms with E-state index in [2.05, 4.69) is 18.7 Å². The molecule has 1 aromatic carbocycles. The molecule has 1 rings (SSSR count). The van der Waals surface area contributed by atoms with E-state index in [0.29, 0.717) is 11.3 Å². The predicted molar refractivity (Wildman–Crippen MR) is 82.9 cm³/mol. The van der Waals surface area contributed by atoms with Gasteiger partial charge in [-0.1, -0.05) is 13.0 Å². The van der Waals surface area contributed by atoms with Crippen LogP contribution in [0.5, 0.6) is 5.75 Å². The summed E-state index contributed by atoms with van der Waals surface area (Å²) in [6.45, 7) is 6.52. The molecular weight excluding hydrogens is 268 g/mol. The number of rotatable bonds is 5. The van der Waals surface area contributed by atoms with Crippen molar-refractivity contribution in [2.45, 2.75) is 26.8 Å². The molecule has 21 heavy (non-hydrogen) atoms. The average Bonchev–Trinajstić information content (AvgIpc) is 2.44. The Morgan fingerprint density at radius 1 is 1.24 bits per heavy atom. The maximum atomic E-state index is 11.7. The summed E-state index contributed by atoms with van der Waals surface area (Å²) in [6, 6.07) is 5.57. The van der Waals surface area contributed by atoms with Crippen LogP contribution in [0.25, 0.3) is 0 Å². The zero-order valence-electron chi connectivity index (χ0n) is 13.6. The first kappa shape index (κ1) is 17.2. The third-order valence-electron chi connectivity index (χ3n) is 3.59. The quantitative estimate of drug-likeness (QED) is 0.783. The van der Waals surface area contributed by atoms with Crippen LogP contribution < -0.4 is 4.74 Å². The molecule has 1 aromatic rings. The molecule has 116 valence electrons. The van der Waals surface area contributed by atoms with Crippen molar-refractivity contribution < 1.29 is 14.3 Å². The third-order valence-corrected chi connectivity index (χ3v) is 3.59. The smallest absolute Gasteiger partial charge is 0.409 e. The minimum absolute atomic E-state index is 0.125. The number of Topliss-reactive ketones (excluding diaryl/α,β-unsaturated/α-hetero) is 1. The van der Waals surface area contributed by atoms with E-state index in [0.717, 1.165) is 12.1 Å². The Balaban J connectivity index is 3.17. The lowest BCUT2D eigenvalue weighted by atomic mass is 10.0. The van der Waals surface area contributed by atoms with E-state index in [4.69, 9.17) is 4.74 Å². The number of carbonyl (C=O) groups is 2. The minimum Gasteiger partial charge on any atom is -0.409 e. The molecule has 0 bridgehead atoms. The summed E-state index contributed by atoms with van der Waals surface area (Å²) in [5.41, 5.74) is 1.42. The summed E-state index contributed by atoms with van der Waals surface area (Å²) in [7, 11) is 5.23. The lowest BCUT2D eigenvalue weighted by molar-refractivity contribution is 0.101. The lowest BCUT2D eigenvalue weighted by Crippen LogP contribution is -2.26. The van der Waals surface area contributed by atoms with Gasteiger partial charge in [0, 0.05) is 20.1 Å². The normalized spacial score (nSPS) is 12.1. The first-order valence-corrected chi connectivity index (χ1v) is 7.02. The molecule has 0 aliphatic carbocycles. The Hall–Kier alpha value is -1.88. The van der Waals surface area contributed by atoms with Crippen LogP contribution in [-0.2, 0) is 0 Å². The van der Waals surface area contributed by atoms with Gasteiger partial charge in [-0.3, -0.25) is 9.69 Å². The highest BCUT2D eigenvalue weighted by molar-refractivity contribution is 5.97. The molecule has 0 fully saturated rings. The highest BCUT2D eigenvalue weighted by Gasteiger charge is 2.17. The van der Waals surface area contributed by atoms with Crippen molar-refractivity contribution in [3.63, 3.8) is 0 Å². The van der Waals surface area contributed by atoms with Crippen molar-refractivity contribution >= 4 is 11.9 Å². The van der Waals surface area contributed by atoms with E-state index < -0.39 is 6.09 Å². The van der Waals surface area contributed by atoms with Gasteiger partial charge in [-0.25, -0.2) is 4.79 Å². The molecular formula is C16H24N2O3. The molecule has 0 spiro atoms. The average molecular weight is 292 g/mol. The van der Waals surface area contributed by atoms with Crippen molar-refractivity contribution in [1.82, 2.24) is 9.80 Å². The van der Waals surface area contributed by atoms with Gasteiger partial charge in [0.05, 0.1) is 5.56 Å². The Labute approximate surface area is 126 Å². The van der Waals surface area contributed by atoms with E-state index in [1.165, 1.54) is 11.8 Å². The highest BCUT2D eigenvalue weighted by Crippen LogP contribution is 2.27. The number of nitrogens with zero attached hydrogens (tertiary/aromatic N) is 2. The zero-order chi connectivity index (χ0) is 16.2. The van der Waals surface area contributed by atoms with Gasteiger partial charge >= 0.3 is 6.09 Å². The number of ether oxygens (including phenoxy) is 1. The second-order valence-electron chi connectivity index (χ2n) is 5.32. The van der Waals surface area contributed by atoms with Crippen LogP contribution in [0.2, 0.25) is 0 Å². The minimum atomic E-state index is -0.494. The number of amides is 1. The first-order valence-electron chi connectivity index (χ1n) is 7.02. The van der Waals surface area contributed by atoms with Crippen molar-refractivity contribution in [3.05, 3.63) is 29.3 Å². The zero-order valence-corrected chi connectivity index (χ0v) is 13.6.